The van der Waals surface area contributed by atoms with Crippen LogP contribution in [0.15, 0.2) is 0 Å². The van der Waals surface area contributed by atoms with Gasteiger partial charge in [0, 0.05) is 38.8 Å². The molecule has 6 heteroatoms. The van der Waals surface area contributed by atoms with Gasteiger partial charge in [-0.25, -0.2) is 9.18 Å². The van der Waals surface area contributed by atoms with Gasteiger partial charge in [-0.05, 0) is 20.8 Å². The fraction of sp³-hybridized carbons (Fsp3) is 0.917. The molecule has 0 aromatic rings. The monoisotopic (exact) mass is 261 g/mol. The fourth-order valence-corrected chi connectivity index (χ4v) is 2.01. The predicted molar refractivity (Wildman–Crippen MR) is 68.2 cm³/mol. The van der Waals surface area contributed by atoms with Gasteiger partial charge in [0.05, 0.1) is 0 Å². The van der Waals surface area contributed by atoms with Crippen molar-refractivity contribution in [2.75, 3.05) is 39.4 Å². The molecule has 0 radical (unpaired) electrons. The molecule has 0 aliphatic carbocycles. The Morgan fingerprint density at radius 1 is 1.44 bits per heavy atom. The number of carbonyl (C=O) groups excluding carboxylic acids is 1. The van der Waals surface area contributed by atoms with Crippen LogP contribution in [0, 0.1) is 0 Å². The highest BCUT2D eigenvalue weighted by Gasteiger charge is 2.30. The maximum Gasteiger partial charge on any atom is 0.410 e. The van der Waals surface area contributed by atoms with Gasteiger partial charge in [-0.1, -0.05) is 0 Å². The van der Waals surface area contributed by atoms with E-state index in [-0.39, 0.29) is 18.8 Å². The van der Waals surface area contributed by atoms with Crippen molar-refractivity contribution in [2.24, 2.45) is 5.73 Å². The molecule has 1 unspecified atom stereocenters. The molecule has 1 atom stereocenters. The van der Waals surface area contributed by atoms with Gasteiger partial charge >= 0.3 is 6.09 Å². The van der Waals surface area contributed by atoms with Crippen LogP contribution in [-0.4, -0.2) is 66.9 Å². The summed E-state index contributed by atoms with van der Waals surface area (Å²) in [6.07, 6.45) is -0.319. The lowest BCUT2D eigenvalue weighted by atomic mass is 10.1. The van der Waals surface area contributed by atoms with Gasteiger partial charge in [0.15, 0.2) is 0 Å². The Balaban J connectivity index is 2.54. The van der Waals surface area contributed by atoms with E-state index in [4.69, 9.17) is 10.5 Å². The summed E-state index contributed by atoms with van der Waals surface area (Å²) in [5.41, 5.74) is 5.18. The maximum absolute atomic E-state index is 12.4. The van der Waals surface area contributed by atoms with Crippen molar-refractivity contribution >= 4 is 6.09 Å². The standard InChI is InChI=1S/C12H24FN3O2/c1-12(2,3)18-11(17)16-7-6-15(5-4-13)10(8-14)9-16/h10H,4-9,14H2,1-3H3. The van der Waals surface area contributed by atoms with E-state index in [0.717, 1.165) is 0 Å². The summed E-state index contributed by atoms with van der Waals surface area (Å²) in [6, 6.07) is 0.0158. The molecular weight excluding hydrogens is 237 g/mol. The van der Waals surface area contributed by atoms with E-state index in [2.05, 4.69) is 0 Å². The number of piperazine rings is 1. The second kappa shape index (κ2) is 6.33. The Kier molecular flexibility index (Phi) is 5.34. The van der Waals surface area contributed by atoms with E-state index < -0.39 is 5.60 Å². The summed E-state index contributed by atoms with van der Waals surface area (Å²) in [4.78, 5) is 15.5. The number of hydrogen-bond acceptors (Lipinski definition) is 4. The van der Waals surface area contributed by atoms with Crippen LogP contribution in [0.25, 0.3) is 0 Å². The van der Waals surface area contributed by atoms with Crippen LogP contribution in [0.3, 0.4) is 0 Å². The number of nitrogens with zero attached hydrogens (tertiary/aromatic N) is 2. The van der Waals surface area contributed by atoms with Crippen LogP contribution in [0.2, 0.25) is 0 Å². The fourth-order valence-electron chi connectivity index (χ4n) is 2.01. The molecule has 1 aliphatic rings. The molecule has 1 rings (SSSR count). The van der Waals surface area contributed by atoms with Gasteiger partial charge < -0.3 is 15.4 Å². The Morgan fingerprint density at radius 2 is 2.11 bits per heavy atom. The summed E-state index contributed by atoms with van der Waals surface area (Å²) in [5.74, 6) is 0. The SMILES string of the molecule is CC(C)(C)OC(=O)N1CCN(CCF)C(CN)C1. The van der Waals surface area contributed by atoms with Crippen LogP contribution >= 0.6 is 0 Å². The highest BCUT2D eigenvalue weighted by atomic mass is 19.1. The molecule has 0 bridgehead atoms. The van der Waals surface area contributed by atoms with Gasteiger partial charge in [-0.15, -0.1) is 0 Å². The van der Waals surface area contributed by atoms with Gasteiger partial charge in [0.1, 0.15) is 12.3 Å². The zero-order valence-corrected chi connectivity index (χ0v) is 11.5. The zero-order valence-electron chi connectivity index (χ0n) is 11.5. The van der Waals surface area contributed by atoms with Crippen molar-refractivity contribution in [3.05, 3.63) is 0 Å². The van der Waals surface area contributed by atoms with Crippen molar-refractivity contribution < 1.29 is 13.9 Å². The van der Waals surface area contributed by atoms with Crippen LogP contribution in [0.5, 0.6) is 0 Å². The van der Waals surface area contributed by atoms with Gasteiger partial charge in [0.2, 0.25) is 0 Å². The first kappa shape index (κ1) is 15.2. The predicted octanol–water partition coefficient (Wildman–Crippen LogP) is 0.836. The Labute approximate surface area is 108 Å². The maximum atomic E-state index is 12.4. The number of alkyl halides is 1. The van der Waals surface area contributed by atoms with Gasteiger partial charge in [-0.2, -0.15) is 0 Å². The minimum Gasteiger partial charge on any atom is -0.444 e. The average molecular weight is 261 g/mol. The van der Waals surface area contributed by atoms with E-state index in [0.29, 0.717) is 32.7 Å². The number of halogens is 1. The molecule has 18 heavy (non-hydrogen) atoms. The highest BCUT2D eigenvalue weighted by molar-refractivity contribution is 5.68. The number of ether oxygens (including phenoxy) is 1. The second-order valence-electron chi connectivity index (χ2n) is 5.54. The molecule has 0 aromatic carbocycles. The summed E-state index contributed by atoms with van der Waals surface area (Å²) in [5, 5.41) is 0. The highest BCUT2D eigenvalue weighted by Crippen LogP contribution is 2.14. The quantitative estimate of drug-likeness (QED) is 0.817. The summed E-state index contributed by atoms with van der Waals surface area (Å²) in [7, 11) is 0. The number of carbonyl (C=O) groups is 1. The average Bonchev–Trinajstić information content (AvgIpc) is 2.27. The summed E-state index contributed by atoms with van der Waals surface area (Å²) >= 11 is 0. The first-order chi connectivity index (χ1) is 8.37. The molecular formula is C12H24FN3O2. The van der Waals surface area contributed by atoms with Crippen molar-refractivity contribution in [1.29, 1.82) is 0 Å². The van der Waals surface area contributed by atoms with E-state index >= 15 is 0 Å². The summed E-state index contributed by atoms with van der Waals surface area (Å²) in [6.45, 7) is 7.63. The number of rotatable bonds is 3. The number of amides is 1. The number of hydrogen-bond donors (Lipinski definition) is 1. The third-order valence-corrected chi connectivity index (χ3v) is 2.90. The Morgan fingerprint density at radius 3 is 2.61 bits per heavy atom. The molecule has 1 fully saturated rings. The molecule has 1 amide bonds. The van der Waals surface area contributed by atoms with E-state index in [1.807, 2.05) is 25.7 Å². The molecule has 0 spiro atoms. The lowest BCUT2D eigenvalue weighted by Crippen LogP contribution is -2.58. The minimum atomic E-state index is -0.495. The van der Waals surface area contributed by atoms with E-state index in [1.165, 1.54) is 0 Å². The largest absolute Gasteiger partial charge is 0.444 e. The smallest absolute Gasteiger partial charge is 0.410 e. The van der Waals surface area contributed by atoms with Gasteiger partial charge in [-0.3, -0.25) is 4.90 Å². The van der Waals surface area contributed by atoms with Crippen molar-refractivity contribution in [3.63, 3.8) is 0 Å². The van der Waals surface area contributed by atoms with Gasteiger partial charge in [0.25, 0.3) is 0 Å². The molecule has 2 N–H and O–H groups in total. The van der Waals surface area contributed by atoms with Crippen LogP contribution < -0.4 is 5.73 Å². The van der Waals surface area contributed by atoms with E-state index in [9.17, 15) is 9.18 Å². The third-order valence-electron chi connectivity index (χ3n) is 2.90. The first-order valence-corrected chi connectivity index (χ1v) is 6.35. The molecule has 106 valence electrons. The van der Waals surface area contributed by atoms with E-state index in [1.54, 1.807) is 4.90 Å². The normalized spacial score (nSPS) is 22.1. The molecule has 1 saturated heterocycles. The molecule has 1 heterocycles. The molecule has 5 nitrogen and oxygen atoms in total. The lowest BCUT2D eigenvalue weighted by molar-refractivity contribution is 0.00416. The van der Waals surface area contributed by atoms with Crippen molar-refractivity contribution in [3.8, 4) is 0 Å². The van der Waals surface area contributed by atoms with Crippen molar-refractivity contribution in [2.45, 2.75) is 32.4 Å². The molecule has 0 saturated carbocycles. The van der Waals surface area contributed by atoms with Crippen LogP contribution in [0.4, 0.5) is 9.18 Å². The topological polar surface area (TPSA) is 58.8 Å². The second-order valence-corrected chi connectivity index (χ2v) is 5.54. The molecule has 0 aromatic heterocycles. The number of nitrogens with two attached hydrogens (primary N) is 1. The molecule has 1 aliphatic heterocycles. The zero-order chi connectivity index (χ0) is 13.8. The van der Waals surface area contributed by atoms with Crippen LogP contribution in [-0.2, 0) is 4.74 Å². The minimum absolute atomic E-state index is 0.0158. The Hall–Kier alpha value is -0.880. The Bertz CT molecular complexity index is 281. The lowest BCUT2D eigenvalue weighted by Gasteiger charge is -2.40. The van der Waals surface area contributed by atoms with Crippen molar-refractivity contribution in [1.82, 2.24) is 9.80 Å². The third kappa shape index (κ3) is 4.42. The van der Waals surface area contributed by atoms with Crippen LogP contribution in [0.1, 0.15) is 20.8 Å². The first-order valence-electron chi connectivity index (χ1n) is 6.35. The summed E-state index contributed by atoms with van der Waals surface area (Å²) < 4.78 is 17.7.